The molecule has 116 valence electrons. The fourth-order valence-corrected chi connectivity index (χ4v) is 4.45. The first-order valence-electron chi connectivity index (χ1n) is 6.07. The molecular weight excluding hydrogens is 300 g/mol. The lowest BCUT2D eigenvalue weighted by molar-refractivity contribution is -0.340. The van der Waals surface area contributed by atoms with Gasteiger partial charge in [0.05, 0.1) is 11.5 Å². The molecule has 3 fully saturated rings. The first-order valence-corrected chi connectivity index (χ1v) is 6.07. The Balaban J connectivity index is 1.75. The number of hydrogen-bond acceptors (Lipinski definition) is 1. The minimum absolute atomic E-state index is 0.0648. The smallest absolute Gasteiger partial charge is 0.368 e. The molecule has 3 rings (SSSR count). The normalized spacial score (nSPS) is 43.2. The average Bonchev–Trinajstić information content (AvgIpc) is 2.67. The third-order valence-corrected chi connectivity index (χ3v) is 4.98. The molecule has 0 amide bonds. The van der Waals surface area contributed by atoms with Crippen molar-refractivity contribution >= 4 is 0 Å². The van der Waals surface area contributed by atoms with Crippen LogP contribution in [0.5, 0.6) is 0 Å². The Bertz CT molecular complexity index is 427. The summed E-state index contributed by atoms with van der Waals surface area (Å²) in [4.78, 5) is 0. The van der Waals surface area contributed by atoms with Gasteiger partial charge in [0, 0.05) is 5.92 Å². The molecule has 3 aliphatic rings. The van der Waals surface area contributed by atoms with E-state index in [2.05, 4.69) is 4.74 Å². The van der Waals surface area contributed by atoms with Crippen LogP contribution in [0.1, 0.15) is 12.8 Å². The highest BCUT2D eigenvalue weighted by Gasteiger charge is 2.95. The van der Waals surface area contributed by atoms with Crippen molar-refractivity contribution in [2.45, 2.75) is 37.2 Å². The molecule has 3 saturated carbocycles. The molecule has 1 nitrogen and oxygen atoms in total. The highest BCUT2D eigenvalue weighted by Crippen LogP contribution is 2.88. The monoisotopic (exact) mass is 310 g/mol. The average molecular weight is 310 g/mol. The molecule has 3 aliphatic carbocycles. The summed E-state index contributed by atoms with van der Waals surface area (Å²) in [6.07, 6.45) is -11.1. The topological polar surface area (TPSA) is 9.23 Å². The Kier molecular flexibility index (Phi) is 2.57. The summed E-state index contributed by atoms with van der Waals surface area (Å²) in [6.45, 7) is -1.61. The maximum Gasteiger partial charge on any atom is 0.453 e. The largest absolute Gasteiger partial charge is 0.453 e. The summed E-state index contributed by atoms with van der Waals surface area (Å²) in [5.74, 6) is -7.95. The summed E-state index contributed by atoms with van der Waals surface area (Å²) in [5.41, 5.74) is -2.21. The first kappa shape index (κ1) is 14.3. The van der Waals surface area contributed by atoms with Gasteiger partial charge in [-0.2, -0.15) is 35.1 Å². The van der Waals surface area contributed by atoms with E-state index in [1.54, 1.807) is 0 Å². The second-order valence-corrected chi connectivity index (χ2v) is 5.71. The zero-order chi connectivity index (χ0) is 15.1. The van der Waals surface area contributed by atoms with E-state index in [0.717, 1.165) is 0 Å². The van der Waals surface area contributed by atoms with Gasteiger partial charge in [-0.3, -0.25) is 0 Å². The van der Waals surface area contributed by atoms with Gasteiger partial charge in [0.2, 0.25) is 0 Å². The van der Waals surface area contributed by atoms with Crippen molar-refractivity contribution in [2.75, 3.05) is 6.61 Å². The van der Waals surface area contributed by atoms with Crippen molar-refractivity contribution in [1.29, 1.82) is 0 Å². The quantitative estimate of drug-likeness (QED) is 0.721. The van der Waals surface area contributed by atoms with Crippen LogP contribution in [0.25, 0.3) is 0 Å². The maximum absolute atomic E-state index is 13.6. The van der Waals surface area contributed by atoms with E-state index in [0.29, 0.717) is 0 Å². The van der Waals surface area contributed by atoms with Gasteiger partial charge >= 0.3 is 18.3 Å². The molecule has 5 atom stereocenters. The Hall–Kier alpha value is -0.600. The van der Waals surface area contributed by atoms with E-state index in [1.807, 2.05) is 0 Å². The van der Waals surface area contributed by atoms with E-state index in [9.17, 15) is 35.1 Å². The number of halogens is 8. The molecular formula is C11H10F8O. The molecule has 9 heteroatoms. The maximum atomic E-state index is 13.6. The SMILES string of the molecule is FC(F)(F)CO[C@@H]1[C@@H]2[C@@H]3CC[C@H]1[C@]23C(F)(F)C(F)(F)F. The molecule has 0 saturated heterocycles. The summed E-state index contributed by atoms with van der Waals surface area (Å²) in [7, 11) is 0. The van der Waals surface area contributed by atoms with Crippen LogP contribution in [0, 0.1) is 23.2 Å². The molecule has 0 spiro atoms. The number of ether oxygens (including phenoxy) is 1. The molecule has 0 unspecified atom stereocenters. The van der Waals surface area contributed by atoms with Gasteiger partial charge < -0.3 is 4.74 Å². The molecule has 0 aliphatic heterocycles. The van der Waals surface area contributed by atoms with Crippen molar-refractivity contribution in [3.63, 3.8) is 0 Å². The minimum atomic E-state index is -5.67. The molecule has 0 aromatic carbocycles. The van der Waals surface area contributed by atoms with Crippen LogP contribution < -0.4 is 0 Å². The van der Waals surface area contributed by atoms with Crippen LogP contribution >= 0.6 is 0 Å². The van der Waals surface area contributed by atoms with Crippen LogP contribution in [0.15, 0.2) is 0 Å². The fourth-order valence-electron chi connectivity index (χ4n) is 4.45. The van der Waals surface area contributed by atoms with Crippen LogP contribution in [0.4, 0.5) is 35.1 Å². The number of rotatable bonds is 3. The number of alkyl halides is 8. The summed E-state index contributed by atoms with van der Waals surface area (Å²) < 4.78 is 105. The minimum Gasteiger partial charge on any atom is -0.368 e. The Morgan fingerprint density at radius 2 is 1.45 bits per heavy atom. The molecule has 0 radical (unpaired) electrons. The third-order valence-electron chi connectivity index (χ3n) is 4.98. The predicted molar refractivity (Wildman–Crippen MR) is 48.9 cm³/mol. The lowest BCUT2D eigenvalue weighted by Crippen LogP contribution is -2.58. The van der Waals surface area contributed by atoms with Gasteiger partial charge in [0.25, 0.3) is 0 Å². The van der Waals surface area contributed by atoms with E-state index in [-0.39, 0.29) is 12.8 Å². The van der Waals surface area contributed by atoms with E-state index < -0.39 is 54.2 Å². The van der Waals surface area contributed by atoms with E-state index in [1.165, 1.54) is 0 Å². The molecule has 0 N–H and O–H groups in total. The number of hydrogen-bond donors (Lipinski definition) is 0. The van der Waals surface area contributed by atoms with Gasteiger partial charge in [-0.1, -0.05) is 0 Å². The van der Waals surface area contributed by atoms with Gasteiger partial charge in [-0.25, -0.2) is 0 Å². The second kappa shape index (κ2) is 3.59. The predicted octanol–water partition coefficient (Wildman–Crippen LogP) is 3.79. The van der Waals surface area contributed by atoms with Gasteiger partial charge in [0.15, 0.2) is 0 Å². The van der Waals surface area contributed by atoms with E-state index in [4.69, 9.17) is 0 Å². The van der Waals surface area contributed by atoms with Crippen LogP contribution in [-0.2, 0) is 4.74 Å². The highest BCUT2D eigenvalue weighted by molar-refractivity contribution is 5.35. The van der Waals surface area contributed by atoms with Crippen molar-refractivity contribution in [3.05, 3.63) is 0 Å². The zero-order valence-electron chi connectivity index (χ0n) is 9.86. The lowest BCUT2D eigenvalue weighted by Gasteiger charge is -2.46. The van der Waals surface area contributed by atoms with Crippen LogP contribution in [0.2, 0.25) is 0 Å². The number of fused-ring (bicyclic) bond motifs is 1. The summed E-state index contributed by atoms with van der Waals surface area (Å²) >= 11 is 0. The van der Waals surface area contributed by atoms with Crippen LogP contribution in [0.3, 0.4) is 0 Å². The van der Waals surface area contributed by atoms with Crippen molar-refractivity contribution in [2.24, 2.45) is 23.2 Å². The molecule has 0 bridgehead atoms. The molecule has 0 heterocycles. The Morgan fingerprint density at radius 3 is 1.90 bits per heavy atom. The molecule has 0 aromatic rings. The van der Waals surface area contributed by atoms with Gasteiger partial charge in [-0.15, -0.1) is 0 Å². The summed E-state index contributed by atoms with van der Waals surface area (Å²) in [6, 6.07) is 0. The zero-order valence-corrected chi connectivity index (χ0v) is 9.86. The summed E-state index contributed by atoms with van der Waals surface area (Å²) in [5, 5.41) is 0. The van der Waals surface area contributed by atoms with Crippen LogP contribution in [-0.4, -0.2) is 31.0 Å². The first-order chi connectivity index (χ1) is 8.94. The van der Waals surface area contributed by atoms with Crippen molar-refractivity contribution < 1.29 is 39.9 Å². The molecule has 20 heavy (non-hydrogen) atoms. The highest BCUT2D eigenvalue weighted by atomic mass is 19.4. The fraction of sp³-hybridized carbons (Fsp3) is 1.00. The third kappa shape index (κ3) is 1.47. The van der Waals surface area contributed by atoms with Gasteiger partial charge in [0.1, 0.15) is 6.61 Å². The van der Waals surface area contributed by atoms with Crippen molar-refractivity contribution in [1.82, 2.24) is 0 Å². The van der Waals surface area contributed by atoms with Gasteiger partial charge in [-0.05, 0) is 24.7 Å². The lowest BCUT2D eigenvalue weighted by atomic mass is 9.66. The Morgan fingerprint density at radius 1 is 0.900 bits per heavy atom. The molecule has 0 aromatic heterocycles. The van der Waals surface area contributed by atoms with E-state index >= 15 is 0 Å². The standard InChI is InChI=1S/C11H10F8O/c12-8(13,14)3-20-7-5-2-1-4-6(7)9(4,5)10(15,16)11(17,18)19/h4-7H,1-3H2/t4-,5+,6-,7-,9-/m0/s1. The van der Waals surface area contributed by atoms with Crippen molar-refractivity contribution in [3.8, 4) is 0 Å². The Labute approximate surface area is 108 Å². The second-order valence-electron chi connectivity index (χ2n) is 5.71.